The van der Waals surface area contributed by atoms with Crippen LogP contribution in [0.1, 0.15) is 24.0 Å². The summed E-state index contributed by atoms with van der Waals surface area (Å²) in [5.41, 5.74) is 9.68. The van der Waals surface area contributed by atoms with Gasteiger partial charge in [0.2, 0.25) is 0 Å². The Morgan fingerprint density at radius 2 is 2.22 bits per heavy atom. The first kappa shape index (κ1) is 15.0. The molecule has 0 saturated heterocycles. The van der Waals surface area contributed by atoms with E-state index < -0.39 is 0 Å². The van der Waals surface area contributed by atoms with Crippen LogP contribution in [0.15, 0.2) is 41.4 Å². The van der Waals surface area contributed by atoms with E-state index in [2.05, 4.69) is 41.2 Å². The van der Waals surface area contributed by atoms with Crippen LogP contribution in [0.25, 0.3) is 0 Å². The third-order valence-electron chi connectivity index (χ3n) is 3.01. The Labute approximate surface area is 126 Å². The van der Waals surface area contributed by atoms with Crippen molar-refractivity contribution < 1.29 is 0 Å². The van der Waals surface area contributed by atoms with Gasteiger partial charge in [-0.15, -0.1) is 24.0 Å². The summed E-state index contributed by atoms with van der Waals surface area (Å²) in [7, 11) is 0. The Morgan fingerprint density at radius 1 is 1.50 bits per heavy atom. The van der Waals surface area contributed by atoms with E-state index in [1.54, 1.807) is 0 Å². The Balaban J connectivity index is 0.00000162. The van der Waals surface area contributed by atoms with Gasteiger partial charge in [-0.25, -0.2) is 4.99 Å². The third kappa shape index (κ3) is 3.73. The van der Waals surface area contributed by atoms with Crippen molar-refractivity contribution in [1.29, 1.82) is 0 Å². The van der Waals surface area contributed by atoms with Crippen molar-refractivity contribution in [1.82, 2.24) is 5.32 Å². The van der Waals surface area contributed by atoms with E-state index in [0.717, 1.165) is 18.5 Å². The highest BCUT2D eigenvalue weighted by atomic mass is 127. The third-order valence-corrected chi connectivity index (χ3v) is 3.01. The van der Waals surface area contributed by atoms with Gasteiger partial charge in [-0.3, -0.25) is 0 Å². The number of fused-ring (bicyclic) bond motifs is 1. The second-order valence-electron chi connectivity index (χ2n) is 4.64. The zero-order valence-corrected chi connectivity index (χ0v) is 13.0. The molecule has 1 atom stereocenters. The molecule has 0 heterocycles. The largest absolute Gasteiger partial charge is 0.370 e. The molecule has 0 aromatic heterocycles. The molecular formula is C14H20IN3. The molecule has 1 aromatic carbocycles. The summed E-state index contributed by atoms with van der Waals surface area (Å²) in [6.07, 6.45) is 1.14. The lowest BCUT2D eigenvalue weighted by Gasteiger charge is -2.30. The number of guanidine groups is 1. The van der Waals surface area contributed by atoms with Gasteiger partial charge in [0, 0.05) is 12.5 Å². The summed E-state index contributed by atoms with van der Waals surface area (Å²) in [6, 6.07) is 8.55. The highest BCUT2D eigenvalue weighted by Crippen LogP contribution is 2.33. The monoisotopic (exact) mass is 357 g/mol. The average Bonchev–Trinajstić information content (AvgIpc) is 2.27. The molecule has 18 heavy (non-hydrogen) atoms. The molecule has 0 radical (unpaired) electrons. The molecule has 2 rings (SSSR count). The summed E-state index contributed by atoms with van der Waals surface area (Å²) in [4.78, 5) is 4.19. The minimum atomic E-state index is 0. The van der Waals surface area contributed by atoms with E-state index in [9.17, 15) is 0 Å². The number of hydrogen-bond donors (Lipinski definition) is 2. The molecule has 1 aliphatic rings. The second-order valence-corrected chi connectivity index (χ2v) is 4.64. The minimum Gasteiger partial charge on any atom is -0.370 e. The maximum atomic E-state index is 5.77. The van der Waals surface area contributed by atoms with Crippen molar-refractivity contribution in [2.45, 2.75) is 19.3 Å². The van der Waals surface area contributed by atoms with E-state index in [1.165, 1.54) is 11.1 Å². The van der Waals surface area contributed by atoms with Crippen molar-refractivity contribution in [2.24, 2.45) is 10.7 Å². The molecule has 0 fully saturated rings. The predicted octanol–water partition coefficient (Wildman–Crippen LogP) is 2.42. The van der Waals surface area contributed by atoms with Crippen molar-refractivity contribution in [3.05, 3.63) is 47.5 Å². The lowest BCUT2D eigenvalue weighted by Crippen LogP contribution is -2.37. The first-order valence-corrected chi connectivity index (χ1v) is 5.93. The predicted molar refractivity (Wildman–Crippen MR) is 87.6 cm³/mol. The smallest absolute Gasteiger partial charge is 0.188 e. The van der Waals surface area contributed by atoms with Crippen LogP contribution >= 0.6 is 24.0 Å². The van der Waals surface area contributed by atoms with E-state index in [-0.39, 0.29) is 24.0 Å². The van der Waals surface area contributed by atoms with Crippen LogP contribution in [-0.2, 0) is 6.42 Å². The summed E-state index contributed by atoms with van der Waals surface area (Å²) in [6.45, 7) is 7.19. The molecule has 0 aliphatic heterocycles. The lowest BCUT2D eigenvalue weighted by molar-refractivity contribution is 0.588. The normalized spacial score (nSPS) is 17.2. The number of benzene rings is 1. The van der Waals surface area contributed by atoms with Crippen molar-refractivity contribution in [2.75, 3.05) is 13.1 Å². The zero-order valence-electron chi connectivity index (χ0n) is 10.6. The molecule has 1 aromatic rings. The fourth-order valence-electron chi connectivity index (χ4n) is 2.05. The molecule has 1 unspecified atom stereocenters. The summed E-state index contributed by atoms with van der Waals surface area (Å²) >= 11 is 0. The molecule has 0 saturated carbocycles. The molecule has 3 N–H and O–H groups in total. The Kier molecular flexibility index (Phi) is 5.65. The van der Waals surface area contributed by atoms with Gasteiger partial charge in [0.1, 0.15) is 0 Å². The number of hydrogen-bond acceptors (Lipinski definition) is 1. The summed E-state index contributed by atoms with van der Waals surface area (Å²) in [5, 5.41) is 3.17. The molecule has 98 valence electrons. The van der Waals surface area contributed by atoms with Crippen molar-refractivity contribution in [3.8, 4) is 0 Å². The SMILES string of the molecule is C=C(C)CN=C(N)NCC1Cc2ccccc21.I. The van der Waals surface area contributed by atoms with Gasteiger partial charge in [-0.1, -0.05) is 36.4 Å². The number of nitrogens with two attached hydrogens (primary N) is 1. The average molecular weight is 357 g/mol. The first-order chi connectivity index (χ1) is 8.16. The van der Waals surface area contributed by atoms with E-state index in [0.29, 0.717) is 18.4 Å². The molecule has 4 heteroatoms. The minimum absolute atomic E-state index is 0. The zero-order chi connectivity index (χ0) is 12.3. The molecule has 0 spiro atoms. The van der Waals surface area contributed by atoms with E-state index in [1.807, 2.05) is 6.92 Å². The molecular weight excluding hydrogens is 337 g/mol. The number of rotatable bonds is 4. The molecule has 0 bridgehead atoms. The number of halogens is 1. The fraction of sp³-hybridized carbons (Fsp3) is 0.357. The summed E-state index contributed by atoms with van der Waals surface area (Å²) < 4.78 is 0. The van der Waals surface area contributed by atoms with Crippen LogP contribution in [-0.4, -0.2) is 19.0 Å². The maximum Gasteiger partial charge on any atom is 0.188 e. The molecule has 1 aliphatic carbocycles. The van der Waals surface area contributed by atoms with Gasteiger partial charge in [0.15, 0.2) is 5.96 Å². The standard InChI is InChI=1S/C14H19N3.HI/c1-10(2)8-16-14(15)17-9-12-7-11-5-3-4-6-13(11)12;/h3-6,12H,1,7-9H2,2H3,(H3,15,16,17);1H. The topological polar surface area (TPSA) is 50.4 Å². The van der Waals surface area contributed by atoms with Crippen LogP contribution in [0.4, 0.5) is 0 Å². The van der Waals surface area contributed by atoms with Crippen LogP contribution in [0.5, 0.6) is 0 Å². The van der Waals surface area contributed by atoms with Crippen LogP contribution in [0, 0.1) is 0 Å². The lowest BCUT2D eigenvalue weighted by atomic mass is 9.78. The van der Waals surface area contributed by atoms with Gasteiger partial charge in [0.25, 0.3) is 0 Å². The Hall–Kier alpha value is -1.04. The highest BCUT2D eigenvalue weighted by molar-refractivity contribution is 14.0. The fourth-order valence-corrected chi connectivity index (χ4v) is 2.05. The maximum absolute atomic E-state index is 5.77. The molecule has 0 amide bonds. The van der Waals surface area contributed by atoms with Crippen LogP contribution in [0.2, 0.25) is 0 Å². The van der Waals surface area contributed by atoms with Gasteiger partial charge in [-0.05, 0) is 24.5 Å². The first-order valence-electron chi connectivity index (χ1n) is 5.93. The number of nitrogens with one attached hydrogen (secondary N) is 1. The second kappa shape index (κ2) is 6.78. The van der Waals surface area contributed by atoms with E-state index in [4.69, 9.17) is 5.73 Å². The quantitative estimate of drug-likeness (QED) is 0.376. The van der Waals surface area contributed by atoms with Gasteiger partial charge >= 0.3 is 0 Å². The van der Waals surface area contributed by atoms with Crippen molar-refractivity contribution in [3.63, 3.8) is 0 Å². The van der Waals surface area contributed by atoms with Gasteiger partial charge in [0.05, 0.1) is 6.54 Å². The van der Waals surface area contributed by atoms with Crippen LogP contribution in [0.3, 0.4) is 0 Å². The van der Waals surface area contributed by atoms with Gasteiger partial charge < -0.3 is 11.1 Å². The van der Waals surface area contributed by atoms with Gasteiger partial charge in [-0.2, -0.15) is 0 Å². The summed E-state index contributed by atoms with van der Waals surface area (Å²) in [5.74, 6) is 1.09. The van der Waals surface area contributed by atoms with E-state index >= 15 is 0 Å². The van der Waals surface area contributed by atoms with Crippen LogP contribution < -0.4 is 11.1 Å². The number of nitrogens with zero attached hydrogens (tertiary/aromatic N) is 1. The highest BCUT2D eigenvalue weighted by Gasteiger charge is 2.24. The van der Waals surface area contributed by atoms with Crippen molar-refractivity contribution >= 4 is 29.9 Å². The Morgan fingerprint density at radius 3 is 2.89 bits per heavy atom. The molecule has 3 nitrogen and oxygen atoms in total. The number of aliphatic imine (C=N–C) groups is 1. The Bertz CT molecular complexity index is 454.